The molecular formula is C49H59ClN2Ni-. The summed E-state index contributed by atoms with van der Waals surface area (Å²) in [6.45, 7) is 11.6. The van der Waals surface area contributed by atoms with Gasteiger partial charge in [0.15, 0.2) is 0 Å². The van der Waals surface area contributed by atoms with Crippen LogP contribution in [-0.4, -0.2) is 11.9 Å². The summed E-state index contributed by atoms with van der Waals surface area (Å²) in [7, 11) is 4.26. The zero-order valence-corrected chi connectivity index (χ0v) is 34.1. The predicted octanol–water partition coefficient (Wildman–Crippen LogP) is 15.7. The Bertz CT molecular complexity index is 1720. The van der Waals surface area contributed by atoms with E-state index in [0.29, 0.717) is 0 Å². The molecule has 0 amide bonds. The Morgan fingerprint density at radius 2 is 1.02 bits per heavy atom. The van der Waals surface area contributed by atoms with E-state index in [-0.39, 0.29) is 0 Å². The van der Waals surface area contributed by atoms with Gasteiger partial charge < -0.3 is 6.92 Å². The van der Waals surface area contributed by atoms with Gasteiger partial charge in [0.2, 0.25) is 0 Å². The van der Waals surface area contributed by atoms with Gasteiger partial charge in [0.05, 0.1) is 17.1 Å². The first-order valence-corrected chi connectivity index (χ1v) is 20.9. The summed E-state index contributed by atoms with van der Waals surface area (Å²) in [5.74, 6) is 0. The van der Waals surface area contributed by atoms with Crippen LogP contribution >= 0.6 is 10.2 Å². The molecule has 0 bridgehead atoms. The van der Waals surface area contributed by atoms with Crippen LogP contribution in [0.5, 0.6) is 0 Å². The number of unbranched alkanes of at least 4 members (excludes halogenated alkanes) is 8. The Hall–Kier alpha value is -3.78. The molecule has 4 heteroatoms. The fourth-order valence-corrected chi connectivity index (χ4v) is 6.68. The standard InChI is InChI=1S/C47H54N2.C2H5.ClH.Ni/c1-4-6-8-10-11-15-29-41-32-45(35-47(40-27-20-14-21-28-40)46(41)30-22-9-7-5-2)49-37(3)36-48-44-33-42(38-23-16-12-17-24-38)31-43(34-44)39-25-18-13-19-26-39;1-2;;/h12-14,16-21,23-28,31-36H,4-11,15,22,29-30H2,1-3H3;1H2,2H3;1H;/q;-1;;+1/p-1. The fraction of sp³-hybridized carbons (Fsp3) is 0.327. The van der Waals surface area contributed by atoms with Crippen molar-refractivity contribution < 1.29 is 14.6 Å². The number of halogens is 1. The molecule has 0 aromatic heterocycles. The molecule has 2 nitrogen and oxygen atoms in total. The van der Waals surface area contributed by atoms with Crippen molar-refractivity contribution in [1.82, 2.24) is 0 Å². The summed E-state index contributed by atoms with van der Waals surface area (Å²) in [5.41, 5.74) is 13.1. The van der Waals surface area contributed by atoms with Crippen LogP contribution in [0.2, 0.25) is 0 Å². The summed E-state index contributed by atoms with van der Waals surface area (Å²) >= 11 is 3.35. The molecule has 5 rings (SSSR count). The molecule has 5 aromatic rings. The van der Waals surface area contributed by atoms with Gasteiger partial charge in [-0.15, -0.1) is 0 Å². The monoisotopic (exact) mass is 768 g/mol. The first-order valence-electron chi connectivity index (χ1n) is 19.5. The molecule has 53 heavy (non-hydrogen) atoms. The topological polar surface area (TPSA) is 24.7 Å². The van der Waals surface area contributed by atoms with E-state index in [1.54, 1.807) is 6.92 Å². The second-order valence-electron chi connectivity index (χ2n) is 13.3. The van der Waals surface area contributed by atoms with Crippen LogP contribution < -0.4 is 0 Å². The zero-order valence-electron chi connectivity index (χ0n) is 32.4. The molecule has 0 fully saturated rings. The summed E-state index contributed by atoms with van der Waals surface area (Å²) in [6, 6.07) is 43.3. The van der Waals surface area contributed by atoms with E-state index in [9.17, 15) is 0 Å². The molecule has 0 saturated carbocycles. The van der Waals surface area contributed by atoms with E-state index >= 15 is 0 Å². The van der Waals surface area contributed by atoms with Gasteiger partial charge in [0.25, 0.3) is 0 Å². The Labute approximate surface area is 333 Å². The molecule has 0 aliphatic rings. The number of nitrogens with zero attached hydrogens (tertiary/aromatic N) is 2. The van der Waals surface area contributed by atoms with Crippen molar-refractivity contribution in [2.45, 2.75) is 105 Å². The van der Waals surface area contributed by atoms with E-state index in [0.717, 1.165) is 41.1 Å². The average Bonchev–Trinajstić information content (AvgIpc) is 3.22. The van der Waals surface area contributed by atoms with Crippen molar-refractivity contribution in [3.05, 3.63) is 139 Å². The number of aliphatic imine (C=N–C) groups is 2. The molecule has 283 valence electrons. The fourth-order valence-electron chi connectivity index (χ4n) is 6.68. The van der Waals surface area contributed by atoms with Crippen LogP contribution in [0.25, 0.3) is 33.4 Å². The van der Waals surface area contributed by atoms with Gasteiger partial charge in [-0.1, -0.05) is 156 Å². The Balaban J connectivity index is 0.00000183. The number of hydrogen-bond acceptors (Lipinski definition) is 2. The first-order chi connectivity index (χ1) is 26.1. The van der Waals surface area contributed by atoms with Gasteiger partial charge in [-0.3, -0.25) is 9.98 Å². The molecule has 0 unspecified atom stereocenters. The van der Waals surface area contributed by atoms with E-state index in [2.05, 4.69) is 174 Å². The minimum absolute atomic E-state index is 0.895. The second-order valence-corrected chi connectivity index (χ2v) is 13.3. The molecule has 0 spiro atoms. The van der Waals surface area contributed by atoms with Gasteiger partial charge in [-0.05, 0) is 107 Å². The van der Waals surface area contributed by atoms with Crippen LogP contribution in [0.4, 0.5) is 11.4 Å². The Morgan fingerprint density at radius 3 is 1.57 bits per heavy atom. The Morgan fingerprint density at radius 1 is 0.547 bits per heavy atom. The van der Waals surface area contributed by atoms with Gasteiger partial charge in [-0.2, -0.15) is 6.92 Å². The van der Waals surface area contributed by atoms with E-state index < -0.39 is 0 Å². The summed E-state index contributed by atoms with van der Waals surface area (Å²) in [6.07, 6.45) is 17.1. The van der Waals surface area contributed by atoms with Gasteiger partial charge >= 0.3 is 24.8 Å². The number of hydrogen-bond donors (Lipinski definition) is 0. The first kappa shape index (κ1) is 43.6. The molecule has 0 radical (unpaired) electrons. The van der Waals surface area contributed by atoms with E-state index in [1.165, 1.54) is 97.6 Å². The van der Waals surface area contributed by atoms with Crippen LogP contribution in [0.15, 0.2) is 131 Å². The van der Waals surface area contributed by atoms with Crippen molar-refractivity contribution in [2.75, 3.05) is 0 Å². The molecular weight excluding hydrogens is 711 g/mol. The zero-order chi connectivity index (χ0) is 38.1. The third-order valence-corrected chi connectivity index (χ3v) is 9.33. The number of rotatable bonds is 18. The maximum absolute atomic E-state index is 5.17. The average molecular weight is 770 g/mol. The molecule has 0 N–H and O–H groups in total. The molecule has 0 saturated heterocycles. The summed E-state index contributed by atoms with van der Waals surface area (Å²) in [5, 5.41) is 0. The molecule has 0 atom stereocenters. The third-order valence-electron chi connectivity index (χ3n) is 9.33. The summed E-state index contributed by atoms with van der Waals surface area (Å²) in [4.78, 5) is 10.2. The second kappa shape index (κ2) is 26.1. The molecule has 0 heterocycles. The van der Waals surface area contributed by atoms with Gasteiger partial charge in [0.1, 0.15) is 0 Å². The van der Waals surface area contributed by atoms with Crippen molar-refractivity contribution in [2.24, 2.45) is 9.98 Å². The van der Waals surface area contributed by atoms with Crippen LogP contribution in [0, 0.1) is 6.92 Å². The van der Waals surface area contributed by atoms with E-state index in [1.807, 2.05) is 6.21 Å². The van der Waals surface area contributed by atoms with Crippen LogP contribution in [0.1, 0.15) is 103 Å². The quantitative estimate of drug-likeness (QED) is 0.0367. The molecule has 0 aliphatic carbocycles. The van der Waals surface area contributed by atoms with Crippen molar-refractivity contribution in [3.63, 3.8) is 0 Å². The maximum atomic E-state index is 5.17. The number of benzene rings is 5. The predicted molar refractivity (Wildman–Crippen MR) is 232 cm³/mol. The minimum atomic E-state index is 0.895. The van der Waals surface area contributed by atoms with Crippen molar-refractivity contribution in [1.29, 1.82) is 0 Å². The van der Waals surface area contributed by atoms with Crippen LogP contribution in [-0.2, 0) is 27.4 Å². The van der Waals surface area contributed by atoms with Crippen molar-refractivity contribution in [3.8, 4) is 33.4 Å². The van der Waals surface area contributed by atoms with E-state index in [4.69, 9.17) is 9.98 Å². The van der Waals surface area contributed by atoms with Crippen LogP contribution in [0.3, 0.4) is 0 Å². The molecule has 0 aliphatic heterocycles. The van der Waals surface area contributed by atoms with Gasteiger partial charge in [-0.25, -0.2) is 0 Å². The normalized spacial score (nSPS) is 11.1. The number of aryl methyl sites for hydroxylation is 1. The third kappa shape index (κ3) is 14.9. The SMILES string of the molecule is CCCCCCCCc1cc(N=C(C)C=Nc2cc(-c3ccccc3)cc(-c3ccccc3)c2)cc(-c2ccccc2)c1CCCCCC.[CH2-]C.[Cl][Ni]. The van der Waals surface area contributed by atoms with Gasteiger partial charge in [0, 0.05) is 6.21 Å². The Kier molecular flexibility index (Phi) is 21.5. The summed E-state index contributed by atoms with van der Waals surface area (Å²) < 4.78 is 0. The molecule has 5 aromatic carbocycles. The van der Waals surface area contributed by atoms with Crippen molar-refractivity contribution >= 4 is 33.5 Å².